The van der Waals surface area contributed by atoms with E-state index in [9.17, 15) is 22.7 Å². The van der Waals surface area contributed by atoms with Gasteiger partial charge in [0.15, 0.2) is 11.6 Å². The zero-order valence-corrected chi connectivity index (χ0v) is 20.4. The van der Waals surface area contributed by atoms with E-state index in [-0.39, 0.29) is 0 Å². The number of benzene rings is 2. The van der Waals surface area contributed by atoms with Crippen molar-refractivity contribution in [3.05, 3.63) is 86.6 Å². The number of sulfone groups is 1. The van der Waals surface area contributed by atoms with Crippen LogP contribution < -0.4 is 4.90 Å². The molecule has 0 atom stereocenters. The van der Waals surface area contributed by atoms with Crippen LogP contribution in [0.25, 0.3) is 5.57 Å². The molecule has 6 nitrogen and oxygen atoms in total. The van der Waals surface area contributed by atoms with Crippen LogP contribution in [0, 0.1) is 30.3 Å². The Morgan fingerprint density at radius 2 is 1.87 bits per heavy atom. The number of hydrogen-bond donors (Lipinski definition) is 1. The van der Waals surface area contributed by atoms with Gasteiger partial charge in [-0.2, -0.15) is 0 Å². The monoisotopic (exact) mass is 552 g/mol. The lowest BCUT2D eigenvalue weighted by Crippen LogP contribution is -2.45. The van der Waals surface area contributed by atoms with Crippen molar-refractivity contribution >= 4 is 32.8 Å². The largest absolute Gasteiger partial charge is 0.478 e. The van der Waals surface area contributed by atoms with Crippen molar-refractivity contribution in [2.75, 3.05) is 30.9 Å². The Labute approximate surface area is 233 Å². The van der Waals surface area contributed by atoms with Gasteiger partial charge in [-0.1, -0.05) is 13.0 Å². The van der Waals surface area contributed by atoms with E-state index in [4.69, 9.17) is 15.1 Å². The number of aromatic carboxylic acids is 1. The molecule has 0 aromatic heterocycles. The SMILES string of the molecule is [2H]C1([2H])N(c2ccc3c(c2)S(=O)(=O)C2=CC(=[N+]4C([2H])([2H])C([2H])([2H])C4([2H])[2H])C=CC2=C3c2c(F)c(C)c(F)c(F)c2C(=O)O)C([2H])([2H])C1([2H])C. The summed E-state index contributed by atoms with van der Waals surface area (Å²) < 4.78 is 165. The first-order valence-corrected chi connectivity index (χ1v) is 12.5. The van der Waals surface area contributed by atoms with Gasteiger partial charge in [0.05, 0.1) is 16.2 Å². The van der Waals surface area contributed by atoms with Crippen molar-refractivity contribution < 1.29 is 51.1 Å². The molecule has 1 N–H and O–H groups in total. The normalized spacial score (nSPS) is 31.8. The number of hydrogen-bond acceptors (Lipinski definition) is 4. The molecular weight excluding hydrogens is 517 g/mol. The van der Waals surface area contributed by atoms with Crippen molar-refractivity contribution in [3.8, 4) is 0 Å². The lowest BCUT2D eigenvalue weighted by Gasteiger charge is -2.39. The first-order chi connectivity index (χ1) is 22.1. The van der Waals surface area contributed by atoms with Gasteiger partial charge in [0, 0.05) is 68.3 Å². The highest BCUT2D eigenvalue weighted by atomic mass is 32.2. The fraction of sp³-hybridized carbons (Fsp3) is 0.286. The fourth-order valence-corrected chi connectivity index (χ4v) is 6.32. The molecule has 1 aliphatic carbocycles. The summed E-state index contributed by atoms with van der Waals surface area (Å²) in [5.74, 6) is -9.87. The Morgan fingerprint density at radius 3 is 2.55 bits per heavy atom. The van der Waals surface area contributed by atoms with E-state index < -0.39 is 126 Å². The maximum Gasteiger partial charge on any atom is 0.339 e. The number of nitrogens with zero attached hydrogens (tertiary/aromatic N) is 2. The predicted molar refractivity (Wildman–Crippen MR) is 136 cm³/mol. The van der Waals surface area contributed by atoms with E-state index >= 15 is 8.78 Å². The van der Waals surface area contributed by atoms with Crippen molar-refractivity contribution in [2.45, 2.75) is 25.1 Å². The van der Waals surface area contributed by atoms with Crippen LogP contribution in [0.4, 0.5) is 18.9 Å². The zero-order valence-electron chi connectivity index (χ0n) is 30.6. The van der Waals surface area contributed by atoms with E-state index in [0.717, 1.165) is 50.3 Å². The number of carboxylic acids is 1. The van der Waals surface area contributed by atoms with Crippen LogP contribution in [0.3, 0.4) is 0 Å². The van der Waals surface area contributed by atoms with Crippen molar-refractivity contribution in [1.29, 1.82) is 0 Å². The van der Waals surface area contributed by atoms with Crippen LogP contribution in [0.5, 0.6) is 0 Å². The number of fused-ring (bicyclic) bond motifs is 2. The van der Waals surface area contributed by atoms with Gasteiger partial charge in [-0.25, -0.2) is 31.0 Å². The van der Waals surface area contributed by atoms with Gasteiger partial charge < -0.3 is 10.0 Å². The minimum Gasteiger partial charge on any atom is -0.478 e. The van der Waals surface area contributed by atoms with Crippen molar-refractivity contribution in [1.82, 2.24) is 0 Å². The quantitative estimate of drug-likeness (QED) is 0.449. The molecule has 10 heteroatoms. The molecule has 2 aromatic carbocycles. The summed E-state index contributed by atoms with van der Waals surface area (Å²) in [4.78, 5) is 11.1. The van der Waals surface area contributed by atoms with Crippen LogP contribution in [0.1, 0.15) is 55.4 Å². The minimum absolute atomic E-state index is 0.324. The molecule has 0 bridgehead atoms. The summed E-state index contributed by atoms with van der Waals surface area (Å²) in [7, 11) is -4.95. The molecule has 0 amide bonds. The van der Waals surface area contributed by atoms with Gasteiger partial charge >= 0.3 is 5.97 Å². The smallest absolute Gasteiger partial charge is 0.339 e. The van der Waals surface area contributed by atoms with Crippen LogP contribution in [0.15, 0.2) is 51.8 Å². The maximum atomic E-state index is 16.0. The molecule has 38 heavy (non-hydrogen) atoms. The number of halogens is 3. The summed E-state index contributed by atoms with van der Waals surface area (Å²) in [6.07, 6.45) is -0.479. The molecule has 0 spiro atoms. The number of allylic oxidation sites excluding steroid dienone is 4. The van der Waals surface area contributed by atoms with Gasteiger partial charge in [-0.05, 0) is 31.0 Å². The van der Waals surface area contributed by atoms with E-state index in [0.29, 0.717) is 9.48 Å². The van der Waals surface area contributed by atoms with Crippen LogP contribution in [0.2, 0.25) is 0 Å². The second kappa shape index (κ2) is 8.42. The van der Waals surface area contributed by atoms with Gasteiger partial charge in [-0.3, -0.25) is 0 Å². The number of carbonyl (C=O) groups is 1. The second-order valence-corrected chi connectivity index (χ2v) is 10.6. The Balaban J connectivity index is 1.74. The van der Waals surface area contributed by atoms with Crippen LogP contribution in [-0.4, -0.2) is 55.8 Å². The Kier molecular flexibility index (Phi) is 3.34. The lowest BCUT2D eigenvalue weighted by molar-refractivity contribution is -0.582. The molecule has 2 fully saturated rings. The predicted octanol–water partition coefficient (Wildman–Crippen LogP) is 4.47. The first kappa shape index (κ1) is 15.1. The molecule has 2 aromatic rings. The van der Waals surface area contributed by atoms with Crippen LogP contribution in [-0.2, 0) is 9.84 Å². The average Bonchev–Trinajstić information content (AvgIpc) is 2.98. The molecule has 6 rings (SSSR count). The Bertz CT molecular complexity index is 2160. The van der Waals surface area contributed by atoms with Gasteiger partial charge in [0.25, 0.3) is 0 Å². The van der Waals surface area contributed by atoms with E-state index in [2.05, 4.69) is 0 Å². The van der Waals surface area contributed by atoms with E-state index in [1.807, 2.05) is 0 Å². The summed E-state index contributed by atoms with van der Waals surface area (Å²) in [6.45, 7) is -9.69. The first-order valence-electron chi connectivity index (χ1n) is 16.6. The molecule has 196 valence electrons. The standard InChI is InChI=1S/C28H23F3N2O4S/c1-14-12-33(13-14)17-5-7-19-21(11-17)38(36,37)20-10-16(32-8-3-9-32)4-6-18(20)22(19)23-24(28(34)35)27(31)26(30)15(2)25(23)29/h4-7,10-11,14H,3,8-9,12-13H2,1-2H3/p+1/i3D2,8D2,9D2,12D2,13D2,14D. The Hall–Kier alpha value is -3.66. The number of anilines is 1. The number of rotatable bonds is 3. The molecular formula is C28H24F3N2O4S+. The molecule has 2 saturated heterocycles. The molecule has 4 aliphatic rings. The van der Waals surface area contributed by atoms with E-state index in [1.54, 1.807) is 0 Å². The molecule has 3 heterocycles. The molecule has 3 aliphatic heterocycles. The third kappa shape index (κ3) is 3.42. The highest BCUT2D eigenvalue weighted by Gasteiger charge is 2.41. The van der Waals surface area contributed by atoms with Crippen LogP contribution >= 0.6 is 0 Å². The van der Waals surface area contributed by atoms with Crippen molar-refractivity contribution in [3.63, 3.8) is 0 Å². The van der Waals surface area contributed by atoms with E-state index in [1.165, 1.54) is 0 Å². The minimum atomic E-state index is -4.95. The fourth-order valence-electron chi connectivity index (χ4n) is 4.61. The number of carboxylic acid groups (broad SMARTS) is 1. The highest BCUT2D eigenvalue weighted by Crippen LogP contribution is 2.48. The highest BCUT2D eigenvalue weighted by molar-refractivity contribution is 7.95. The molecule has 0 radical (unpaired) electrons. The summed E-state index contributed by atoms with van der Waals surface area (Å²) in [5, 5.41) is 9.92. The zero-order chi connectivity index (χ0) is 37.0. The average molecular weight is 553 g/mol. The van der Waals surface area contributed by atoms with Gasteiger partial charge in [0.2, 0.25) is 15.5 Å². The van der Waals surface area contributed by atoms with Gasteiger partial charge in [-0.15, -0.1) is 0 Å². The second-order valence-electron chi connectivity index (χ2n) is 8.73. The third-order valence-corrected chi connectivity index (χ3v) is 8.30. The summed E-state index contributed by atoms with van der Waals surface area (Å²) >= 11 is 0. The summed E-state index contributed by atoms with van der Waals surface area (Å²) in [5.41, 5.74) is -6.11. The van der Waals surface area contributed by atoms with Crippen molar-refractivity contribution in [2.24, 2.45) is 5.89 Å². The van der Waals surface area contributed by atoms with Gasteiger partial charge in [0.1, 0.15) is 29.9 Å². The molecule has 0 unspecified atom stereocenters. The topological polar surface area (TPSA) is 77.7 Å². The Morgan fingerprint density at radius 1 is 1.16 bits per heavy atom. The molecule has 0 saturated carbocycles. The maximum absolute atomic E-state index is 16.0. The summed E-state index contributed by atoms with van der Waals surface area (Å²) in [6, 6.07) is 2.76. The lowest BCUT2D eigenvalue weighted by atomic mass is 9.85. The third-order valence-electron chi connectivity index (χ3n) is 6.46.